The molecule has 15 nitrogen and oxygen atoms in total. The first-order valence-electron chi connectivity index (χ1n) is 14.5. The average Bonchev–Trinajstić information content (AvgIpc) is 3.39. The molecule has 3 heterocycles. The van der Waals surface area contributed by atoms with Gasteiger partial charge < -0.3 is 72.1 Å². The molecule has 236 valence electrons. The topological polar surface area (TPSA) is 235 Å². The predicted octanol–water partition coefficient (Wildman–Crippen LogP) is -4.46. The van der Waals surface area contributed by atoms with Crippen LogP contribution in [-0.4, -0.2) is 140 Å². The zero-order valence-electron chi connectivity index (χ0n) is 23.8. The van der Waals surface area contributed by atoms with E-state index in [1.54, 1.807) is 7.05 Å². The van der Waals surface area contributed by atoms with Crippen molar-refractivity contribution in [2.45, 2.75) is 93.0 Å². The molecule has 15 heteroatoms. The van der Waals surface area contributed by atoms with Gasteiger partial charge in [0.05, 0.1) is 31.8 Å². The van der Waals surface area contributed by atoms with Gasteiger partial charge in [0.15, 0.2) is 11.9 Å². The molecule has 0 spiro atoms. The Bertz CT molecular complexity index is 894. The number of aliphatic hydroxyl groups is 4. The lowest BCUT2D eigenvalue weighted by Crippen LogP contribution is -2.68. The van der Waals surface area contributed by atoms with Crippen LogP contribution in [0.4, 0.5) is 0 Å². The summed E-state index contributed by atoms with van der Waals surface area (Å²) in [7, 11) is 1.74. The van der Waals surface area contributed by atoms with Crippen molar-refractivity contribution in [1.29, 1.82) is 0 Å². The lowest BCUT2D eigenvalue weighted by molar-refractivity contribution is -0.287. The largest absolute Gasteiger partial charge is 0.467 e. The summed E-state index contributed by atoms with van der Waals surface area (Å²) in [5, 5.41) is 54.3. The molecule has 1 amide bonds. The van der Waals surface area contributed by atoms with Gasteiger partial charge in [0.25, 0.3) is 5.91 Å². The Kier molecular flexibility index (Phi) is 11.3. The first-order chi connectivity index (χ1) is 19.6. The van der Waals surface area contributed by atoms with Crippen molar-refractivity contribution in [3.05, 3.63) is 11.8 Å². The van der Waals surface area contributed by atoms with E-state index in [1.807, 2.05) is 13.0 Å². The van der Waals surface area contributed by atoms with Crippen LogP contribution in [0.5, 0.6) is 0 Å². The predicted molar refractivity (Wildman–Crippen MR) is 146 cm³/mol. The Balaban J connectivity index is 1.50. The third-order valence-corrected chi connectivity index (χ3v) is 8.41. The number of nitrogens with one attached hydrogen (secondary N) is 4. The van der Waals surface area contributed by atoms with E-state index >= 15 is 0 Å². The molecule has 3 fully saturated rings. The van der Waals surface area contributed by atoms with Crippen LogP contribution in [0, 0.1) is 5.92 Å². The van der Waals surface area contributed by atoms with E-state index in [4.69, 9.17) is 35.5 Å². The van der Waals surface area contributed by atoms with Crippen molar-refractivity contribution in [2.75, 3.05) is 46.4 Å². The minimum Gasteiger partial charge on any atom is -0.467 e. The van der Waals surface area contributed by atoms with Crippen molar-refractivity contribution >= 4 is 5.91 Å². The van der Waals surface area contributed by atoms with Crippen LogP contribution in [0.15, 0.2) is 11.8 Å². The van der Waals surface area contributed by atoms with E-state index in [0.717, 1.165) is 0 Å². The zero-order valence-corrected chi connectivity index (χ0v) is 23.8. The first-order valence-corrected chi connectivity index (χ1v) is 14.5. The first kappa shape index (κ1) is 32.4. The Hall–Kier alpha value is -1.47. The van der Waals surface area contributed by atoms with Crippen molar-refractivity contribution < 1.29 is 44.2 Å². The molecule has 12 atom stereocenters. The highest BCUT2D eigenvalue weighted by Gasteiger charge is 2.51. The molecular formula is C26H48N6O9. The number of hydrogen-bond donors (Lipinski definition) is 10. The summed E-state index contributed by atoms with van der Waals surface area (Å²) in [6, 6.07) is -2.43. The molecule has 3 aliphatic heterocycles. The van der Waals surface area contributed by atoms with Crippen LogP contribution in [-0.2, 0) is 23.7 Å². The van der Waals surface area contributed by atoms with E-state index < -0.39 is 66.6 Å². The quantitative estimate of drug-likeness (QED) is 0.103. The number of β-amino-alcohol motifs (C(OH)–C–C–N with tert-alkyl or cyclic N) is 1. The molecular weight excluding hydrogens is 540 g/mol. The van der Waals surface area contributed by atoms with Gasteiger partial charge in [-0.3, -0.25) is 4.79 Å². The van der Waals surface area contributed by atoms with Gasteiger partial charge in [0.2, 0.25) is 6.29 Å². The van der Waals surface area contributed by atoms with Gasteiger partial charge in [0, 0.05) is 25.2 Å². The molecule has 41 heavy (non-hydrogen) atoms. The van der Waals surface area contributed by atoms with E-state index in [-0.39, 0.29) is 38.0 Å². The van der Waals surface area contributed by atoms with Gasteiger partial charge in [-0.25, -0.2) is 0 Å². The maximum absolute atomic E-state index is 13.1. The van der Waals surface area contributed by atoms with Crippen LogP contribution < -0.4 is 32.7 Å². The standard InChI is InChI=1S/C26H48N6O9/c1-13-11-38-24(19(34)18(13)29-2)41-22-17(32-25(36)26(37)5-6-31-12-26)9-16(28)21(20(22)35)40-23-15(27)4-3-14(39-23)10-30-7-8-33/h3,13,15-24,29-31,33-35,37H,4-12,27-28H2,1-2H3,(H,32,36)/t13-,15-,16+,17-,18+,19-,20+,21-,22+,23-,24-,26?/m1/s1. The molecule has 4 rings (SSSR count). The third kappa shape index (κ3) is 7.55. The molecule has 0 aromatic carbocycles. The molecule has 1 aliphatic carbocycles. The monoisotopic (exact) mass is 588 g/mol. The molecule has 12 N–H and O–H groups in total. The second-order valence-electron chi connectivity index (χ2n) is 11.6. The van der Waals surface area contributed by atoms with Gasteiger partial charge in [-0.2, -0.15) is 0 Å². The summed E-state index contributed by atoms with van der Waals surface area (Å²) in [5.74, 6) is -0.00451. The van der Waals surface area contributed by atoms with Gasteiger partial charge >= 0.3 is 0 Å². The molecule has 2 saturated heterocycles. The van der Waals surface area contributed by atoms with Crippen LogP contribution in [0.25, 0.3) is 0 Å². The Morgan fingerprint density at radius 1 is 1.20 bits per heavy atom. The lowest BCUT2D eigenvalue weighted by atomic mass is 9.83. The molecule has 1 unspecified atom stereocenters. The number of ether oxygens (including phenoxy) is 4. The highest BCUT2D eigenvalue weighted by Crippen LogP contribution is 2.31. The van der Waals surface area contributed by atoms with Crippen LogP contribution in [0.3, 0.4) is 0 Å². The number of carbonyl (C=O) groups excluding carboxylic acids is 1. The van der Waals surface area contributed by atoms with Crippen molar-refractivity contribution in [3.63, 3.8) is 0 Å². The Morgan fingerprint density at radius 3 is 2.63 bits per heavy atom. The van der Waals surface area contributed by atoms with Crippen molar-refractivity contribution in [1.82, 2.24) is 21.3 Å². The number of hydrogen-bond acceptors (Lipinski definition) is 14. The molecule has 0 bridgehead atoms. The molecule has 0 aromatic heterocycles. The third-order valence-electron chi connectivity index (χ3n) is 8.41. The fourth-order valence-corrected chi connectivity index (χ4v) is 5.95. The highest BCUT2D eigenvalue weighted by atomic mass is 16.7. The van der Waals surface area contributed by atoms with E-state index in [1.165, 1.54) is 0 Å². The van der Waals surface area contributed by atoms with Gasteiger partial charge in [-0.15, -0.1) is 0 Å². The number of likely N-dealkylation sites (N-methyl/N-ethyl adjacent to an activating group) is 1. The van der Waals surface area contributed by atoms with Crippen LogP contribution in [0.2, 0.25) is 0 Å². The fraction of sp³-hybridized carbons (Fsp3) is 0.885. The number of rotatable bonds is 11. The smallest absolute Gasteiger partial charge is 0.253 e. The van der Waals surface area contributed by atoms with Gasteiger partial charge in [-0.05, 0) is 44.8 Å². The average molecular weight is 589 g/mol. The number of aliphatic hydroxyl groups excluding tert-OH is 3. The number of amides is 1. The molecule has 0 aromatic rings. The van der Waals surface area contributed by atoms with E-state index in [2.05, 4.69) is 21.3 Å². The summed E-state index contributed by atoms with van der Waals surface area (Å²) < 4.78 is 24.1. The second-order valence-corrected chi connectivity index (χ2v) is 11.6. The van der Waals surface area contributed by atoms with Gasteiger partial charge in [-0.1, -0.05) is 6.92 Å². The summed E-state index contributed by atoms with van der Waals surface area (Å²) in [4.78, 5) is 13.1. The summed E-state index contributed by atoms with van der Waals surface area (Å²) in [5.41, 5.74) is 11.2. The summed E-state index contributed by atoms with van der Waals surface area (Å²) >= 11 is 0. The highest BCUT2D eigenvalue weighted by molar-refractivity contribution is 5.86. The summed E-state index contributed by atoms with van der Waals surface area (Å²) in [6.45, 7) is 3.58. The maximum Gasteiger partial charge on any atom is 0.253 e. The number of carbonyl (C=O) groups is 1. The van der Waals surface area contributed by atoms with E-state index in [9.17, 15) is 20.1 Å². The lowest BCUT2D eigenvalue weighted by Gasteiger charge is -2.48. The van der Waals surface area contributed by atoms with Crippen LogP contribution in [0.1, 0.15) is 26.2 Å². The SMILES string of the molecule is CN[C@@H]1[C@@H](O)[C@@H](O[C@@H]2[C@@H](O)[C@H](O[C@H]3OC(CNCCO)=CC[C@H]3N)[C@@H](N)C[C@H]2NC(=O)C2(O)CCNC2)OC[C@H]1C. The Labute approximate surface area is 240 Å². The van der Waals surface area contributed by atoms with Crippen molar-refractivity contribution in [3.8, 4) is 0 Å². The normalized spacial score (nSPS) is 43.3. The van der Waals surface area contributed by atoms with Crippen LogP contribution >= 0.6 is 0 Å². The van der Waals surface area contributed by atoms with E-state index in [0.29, 0.717) is 38.4 Å². The maximum atomic E-state index is 13.1. The molecule has 0 radical (unpaired) electrons. The number of nitrogens with two attached hydrogens (primary N) is 2. The fourth-order valence-electron chi connectivity index (χ4n) is 5.95. The van der Waals surface area contributed by atoms with Crippen molar-refractivity contribution in [2.24, 2.45) is 17.4 Å². The minimum atomic E-state index is -1.60. The zero-order chi connectivity index (χ0) is 29.7. The summed E-state index contributed by atoms with van der Waals surface area (Å²) in [6.07, 6.45) is -3.86. The second kappa shape index (κ2) is 14.3. The minimum absolute atomic E-state index is 0.00861. The molecule has 1 saturated carbocycles. The molecule has 4 aliphatic rings. The van der Waals surface area contributed by atoms with Gasteiger partial charge in [0.1, 0.15) is 30.2 Å². The Morgan fingerprint density at radius 2 is 1.95 bits per heavy atom.